The summed E-state index contributed by atoms with van der Waals surface area (Å²) in [6.45, 7) is 2.23. The summed E-state index contributed by atoms with van der Waals surface area (Å²) in [6.07, 6.45) is 3.37. The van der Waals surface area contributed by atoms with E-state index >= 15 is 0 Å². The van der Waals surface area contributed by atoms with Gasteiger partial charge in [-0.15, -0.1) is 0 Å². The van der Waals surface area contributed by atoms with E-state index < -0.39 is 6.04 Å². The third-order valence-corrected chi connectivity index (χ3v) is 3.57. The Kier molecular flexibility index (Phi) is 5.16. The van der Waals surface area contributed by atoms with Crippen LogP contribution >= 0.6 is 0 Å². The number of aromatic nitrogens is 1. The zero-order valence-electron chi connectivity index (χ0n) is 12.9. The highest BCUT2D eigenvalue weighted by Crippen LogP contribution is 2.20. The van der Waals surface area contributed by atoms with Crippen LogP contribution in [0.25, 0.3) is 10.9 Å². The maximum Gasteiger partial charge on any atom is 0.241 e. The molecule has 1 unspecified atom stereocenters. The summed E-state index contributed by atoms with van der Waals surface area (Å²) in [5.41, 5.74) is 7.39. The topological polar surface area (TPSA) is 89.2 Å². The molecule has 1 heterocycles. The van der Waals surface area contributed by atoms with Crippen molar-refractivity contribution in [2.24, 2.45) is 5.73 Å². The molecule has 118 valence electrons. The van der Waals surface area contributed by atoms with E-state index in [-0.39, 0.29) is 18.4 Å². The fourth-order valence-electron chi connectivity index (χ4n) is 2.31. The van der Waals surface area contributed by atoms with Crippen molar-refractivity contribution in [1.29, 1.82) is 0 Å². The van der Waals surface area contributed by atoms with Crippen LogP contribution in [0.5, 0.6) is 0 Å². The van der Waals surface area contributed by atoms with E-state index in [0.29, 0.717) is 12.1 Å². The highest BCUT2D eigenvalue weighted by Gasteiger charge is 2.13. The molecule has 2 amide bonds. The van der Waals surface area contributed by atoms with E-state index in [1.165, 1.54) is 0 Å². The molecule has 22 heavy (non-hydrogen) atoms. The van der Waals surface area contributed by atoms with Crippen LogP contribution in [-0.2, 0) is 16.1 Å². The number of nitrogens with two attached hydrogens (primary N) is 1. The average Bonchev–Trinajstić information content (AvgIpc) is 2.89. The Morgan fingerprint density at radius 3 is 2.77 bits per heavy atom. The highest BCUT2D eigenvalue weighted by molar-refractivity contribution is 5.96. The number of likely N-dealkylation sites (N-methyl/N-ethyl adjacent to an activating group) is 1. The van der Waals surface area contributed by atoms with E-state index in [1.807, 2.05) is 42.0 Å². The molecule has 4 N–H and O–H groups in total. The molecular weight excluding hydrogens is 280 g/mol. The molecule has 0 fully saturated rings. The lowest BCUT2D eigenvalue weighted by atomic mass is 10.1. The predicted molar refractivity (Wildman–Crippen MR) is 87.5 cm³/mol. The van der Waals surface area contributed by atoms with Crippen LogP contribution in [0.1, 0.15) is 19.8 Å². The summed E-state index contributed by atoms with van der Waals surface area (Å²) in [5.74, 6) is -0.262. The smallest absolute Gasteiger partial charge is 0.241 e. The Labute approximate surface area is 129 Å². The van der Waals surface area contributed by atoms with Crippen molar-refractivity contribution in [1.82, 2.24) is 9.88 Å². The van der Waals surface area contributed by atoms with Crippen molar-refractivity contribution in [3.05, 3.63) is 30.5 Å². The van der Waals surface area contributed by atoms with Crippen LogP contribution in [-0.4, -0.2) is 29.5 Å². The van der Waals surface area contributed by atoms with Crippen LogP contribution < -0.4 is 16.4 Å². The van der Waals surface area contributed by atoms with E-state index in [1.54, 1.807) is 7.05 Å². The van der Waals surface area contributed by atoms with Crippen molar-refractivity contribution < 1.29 is 9.59 Å². The molecule has 0 saturated heterocycles. The quantitative estimate of drug-likeness (QED) is 0.754. The number of nitrogens with zero attached hydrogens (tertiary/aromatic N) is 1. The molecule has 2 aromatic rings. The van der Waals surface area contributed by atoms with E-state index in [4.69, 9.17) is 5.73 Å². The van der Waals surface area contributed by atoms with Gasteiger partial charge in [0.05, 0.1) is 11.6 Å². The summed E-state index contributed by atoms with van der Waals surface area (Å²) >= 11 is 0. The summed E-state index contributed by atoms with van der Waals surface area (Å²) in [5, 5.41) is 6.44. The van der Waals surface area contributed by atoms with Crippen molar-refractivity contribution >= 4 is 28.4 Å². The normalized spacial score (nSPS) is 12.1. The number of fused-ring (bicyclic) bond motifs is 1. The minimum atomic E-state index is -0.502. The Bertz CT molecular complexity index is 678. The standard InChI is InChI=1S/C16H22N4O2/c1-3-4-13(17)16(22)19-12-6-5-11-7-8-20(14(11)9-12)10-15(21)18-2/h5-9,13H,3-4,10,17H2,1-2H3,(H,18,21)(H,19,22). The fraction of sp³-hybridized carbons (Fsp3) is 0.375. The first kappa shape index (κ1) is 16.0. The molecule has 0 radical (unpaired) electrons. The SMILES string of the molecule is CCCC(N)C(=O)Nc1ccc2ccn(CC(=O)NC)c2c1. The number of carbonyl (C=O) groups is 2. The van der Waals surface area contributed by atoms with E-state index in [2.05, 4.69) is 10.6 Å². The van der Waals surface area contributed by atoms with Gasteiger partial charge in [0.15, 0.2) is 0 Å². The molecule has 1 atom stereocenters. The average molecular weight is 302 g/mol. The number of anilines is 1. The first-order valence-electron chi connectivity index (χ1n) is 7.41. The van der Waals surface area contributed by atoms with Crippen molar-refractivity contribution in [2.75, 3.05) is 12.4 Å². The summed E-state index contributed by atoms with van der Waals surface area (Å²) in [6, 6.07) is 7.04. The van der Waals surface area contributed by atoms with Gasteiger partial charge in [-0.1, -0.05) is 19.4 Å². The van der Waals surface area contributed by atoms with Gasteiger partial charge in [-0.25, -0.2) is 0 Å². The zero-order chi connectivity index (χ0) is 16.1. The van der Waals surface area contributed by atoms with Gasteiger partial charge in [0, 0.05) is 18.9 Å². The molecule has 1 aromatic carbocycles. The predicted octanol–water partition coefficient (Wildman–Crippen LogP) is 1.45. The Balaban J connectivity index is 2.20. The Morgan fingerprint density at radius 1 is 1.32 bits per heavy atom. The highest BCUT2D eigenvalue weighted by atomic mass is 16.2. The minimum Gasteiger partial charge on any atom is -0.358 e. The summed E-state index contributed by atoms with van der Waals surface area (Å²) in [4.78, 5) is 23.5. The van der Waals surface area contributed by atoms with Crippen LogP contribution in [0.2, 0.25) is 0 Å². The zero-order valence-corrected chi connectivity index (χ0v) is 12.9. The van der Waals surface area contributed by atoms with Gasteiger partial charge in [-0.3, -0.25) is 9.59 Å². The van der Waals surface area contributed by atoms with Gasteiger partial charge in [0.2, 0.25) is 11.8 Å². The molecule has 0 aliphatic rings. The largest absolute Gasteiger partial charge is 0.358 e. The fourth-order valence-corrected chi connectivity index (χ4v) is 2.31. The number of hydrogen-bond donors (Lipinski definition) is 3. The molecule has 6 heteroatoms. The molecule has 0 bridgehead atoms. The van der Waals surface area contributed by atoms with Gasteiger partial charge in [-0.05, 0) is 30.0 Å². The molecular formula is C16H22N4O2. The molecule has 0 aliphatic heterocycles. The molecule has 2 rings (SSSR count). The van der Waals surface area contributed by atoms with Crippen molar-refractivity contribution in [3.63, 3.8) is 0 Å². The Hall–Kier alpha value is -2.34. The summed E-state index contributed by atoms with van der Waals surface area (Å²) < 4.78 is 1.84. The molecule has 0 saturated carbocycles. The van der Waals surface area contributed by atoms with E-state index in [0.717, 1.165) is 17.3 Å². The monoisotopic (exact) mass is 302 g/mol. The molecule has 1 aromatic heterocycles. The lowest BCUT2D eigenvalue weighted by Crippen LogP contribution is -2.35. The number of amides is 2. The second-order valence-electron chi connectivity index (χ2n) is 5.27. The lowest BCUT2D eigenvalue weighted by molar-refractivity contribution is -0.121. The van der Waals surface area contributed by atoms with Crippen LogP contribution in [0, 0.1) is 0 Å². The number of hydrogen-bond acceptors (Lipinski definition) is 3. The lowest BCUT2D eigenvalue weighted by Gasteiger charge is -2.12. The van der Waals surface area contributed by atoms with Crippen molar-refractivity contribution in [2.45, 2.75) is 32.4 Å². The second-order valence-corrected chi connectivity index (χ2v) is 5.27. The third kappa shape index (κ3) is 3.65. The number of benzene rings is 1. The van der Waals surface area contributed by atoms with Gasteiger partial charge >= 0.3 is 0 Å². The molecule has 0 spiro atoms. The number of rotatable bonds is 6. The van der Waals surface area contributed by atoms with Crippen molar-refractivity contribution in [3.8, 4) is 0 Å². The van der Waals surface area contributed by atoms with Crippen LogP contribution in [0.4, 0.5) is 5.69 Å². The minimum absolute atomic E-state index is 0.0723. The number of nitrogens with one attached hydrogen (secondary N) is 2. The maximum atomic E-state index is 12.0. The summed E-state index contributed by atoms with van der Waals surface area (Å²) in [7, 11) is 1.61. The van der Waals surface area contributed by atoms with Gasteiger partial charge in [-0.2, -0.15) is 0 Å². The second kappa shape index (κ2) is 7.09. The van der Waals surface area contributed by atoms with Gasteiger partial charge in [0.1, 0.15) is 6.54 Å². The maximum absolute atomic E-state index is 12.0. The van der Waals surface area contributed by atoms with Crippen LogP contribution in [0.15, 0.2) is 30.5 Å². The molecule has 6 nitrogen and oxygen atoms in total. The number of carbonyl (C=O) groups excluding carboxylic acids is 2. The van der Waals surface area contributed by atoms with E-state index in [9.17, 15) is 9.59 Å². The van der Waals surface area contributed by atoms with Gasteiger partial charge < -0.3 is 20.9 Å². The Morgan fingerprint density at radius 2 is 2.09 bits per heavy atom. The first-order valence-corrected chi connectivity index (χ1v) is 7.41. The third-order valence-electron chi connectivity index (χ3n) is 3.57. The first-order chi connectivity index (χ1) is 10.5. The molecule has 0 aliphatic carbocycles. The van der Waals surface area contributed by atoms with Gasteiger partial charge in [0.25, 0.3) is 0 Å². The van der Waals surface area contributed by atoms with Crippen LogP contribution in [0.3, 0.4) is 0 Å².